The SMILES string of the molecule is CCOC(=O)CCN(CC(=O)O)c1cc(Cl)ccc1Cl. The quantitative estimate of drug-likeness (QED) is 0.783. The van der Waals surface area contributed by atoms with Crippen LogP contribution >= 0.6 is 23.2 Å². The molecule has 0 amide bonds. The van der Waals surface area contributed by atoms with E-state index >= 15 is 0 Å². The highest BCUT2D eigenvalue weighted by Crippen LogP contribution is 2.29. The molecular weight excluding hydrogens is 305 g/mol. The number of benzene rings is 1. The molecule has 110 valence electrons. The lowest BCUT2D eigenvalue weighted by Gasteiger charge is -2.23. The second kappa shape index (κ2) is 7.97. The molecule has 1 aromatic rings. The van der Waals surface area contributed by atoms with E-state index in [-0.39, 0.29) is 32.1 Å². The lowest BCUT2D eigenvalue weighted by atomic mass is 10.2. The van der Waals surface area contributed by atoms with Gasteiger partial charge < -0.3 is 14.7 Å². The molecule has 0 saturated carbocycles. The highest BCUT2D eigenvalue weighted by atomic mass is 35.5. The minimum atomic E-state index is -1.02. The third-order valence-electron chi connectivity index (χ3n) is 2.47. The molecule has 0 heterocycles. The number of carboxylic acid groups (broad SMARTS) is 1. The van der Waals surface area contributed by atoms with E-state index < -0.39 is 5.97 Å². The molecule has 0 aliphatic carbocycles. The number of carboxylic acids is 1. The smallest absolute Gasteiger partial charge is 0.323 e. The van der Waals surface area contributed by atoms with Crippen LogP contribution in [0.2, 0.25) is 10.0 Å². The molecule has 0 bridgehead atoms. The first-order valence-electron chi connectivity index (χ1n) is 6.01. The summed E-state index contributed by atoms with van der Waals surface area (Å²) in [4.78, 5) is 23.8. The van der Waals surface area contributed by atoms with Gasteiger partial charge in [0.25, 0.3) is 0 Å². The van der Waals surface area contributed by atoms with E-state index in [4.69, 9.17) is 33.0 Å². The second-order valence-corrected chi connectivity index (χ2v) is 4.81. The lowest BCUT2D eigenvalue weighted by Crippen LogP contribution is -2.32. The lowest BCUT2D eigenvalue weighted by molar-refractivity contribution is -0.143. The van der Waals surface area contributed by atoms with Crippen LogP contribution in [-0.2, 0) is 14.3 Å². The Bertz CT molecular complexity index is 493. The summed E-state index contributed by atoms with van der Waals surface area (Å²) in [6.45, 7) is 1.90. The van der Waals surface area contributed by atoms with E-state index in [0.717, 1.165) is 0 Å². The van der Waals surface area contributed by atoms with Crippen molar-refractivity contribution in [3.63, 3.8) is 0 Å². The van der Waals surface area contributed by atoms with Gasteiger partial charge >= 0.3 is 11.9 Å². The molecule has 1 rings (SSSR count). The molecule has 0 radical (unpaired) electrons. The highest BCUT2D eigenvalue weighted by molar-refractivity contribution is 6.35. The molecule has 0 atom stereocenters. The van der Waals surface area contributed by atoms with Crippen molar-refractivity contribution in [3.8, 4) is 0 Å². The summed E-state index contributed by atoms with van der Waals surface area (Å²) in [7, 11) is 0. The average molecular weight is 320 g/mol. The van der Waals surface area contributed by atoms with Crippen LogP contribution in [0.1, 0.15) is 13.3 Å². The fourth-order valence-electron chi connectivity index (χ4n) is 1.64. The predicted octanol–water partition coefficient (Wildman–Crippen LogP) is 2.84. The minimum Gasteiger partial charge on any atom is -0.480 e. The Hall–Kier alpha value is -1.46. The maximum atomic E-state index is 11.4. The molecule has 0 fully saturated rings. The van der Waals surface area contributed by atoms with Crippen molar-refractivity contribution in [2.24, 2.45) is 0 Å². The Kier molecular flexibility index (Phi) is 6.61. The van der Waals surface area contributed by atoms with Crippen molar-refractivity contribution in [1.82, 2.24) is 0 Å². The van der Waals surface area contributed by atoms with Crippen LogP contribution in [0.4, 0.5) is 5.69 Å². The van der Waals surface area contributed by atoms with Crippen LogP contribution in [0.25, 0.3) is 0 Å². The van der Waals surface area contributed by atoms with E-state index in [1.807, 2.05) is 0 Å². The van der Waals surface area contributed by atoms with Gasteiger partial charge in [0.1, 0.15) is 6.54 Å². The second-order valence-electron chi connectivity index (χ2n) is 3.97. The number of ether oxygens (including phenoxy) is 1. The van der Waals surface area contributed by atoms with Crippen LogP contribution in [0.5, 0.6) is 0 Å². The zero-order valence-electron chi connectivity index (χ0n) is 10.9. The average Bonchev–Trinajstić information content (AvgIpc) is 2.37. The predicted molar refractivity (Wildman–Crippen MR) is 77.6 cm³/mol. The maximum absolute atomic E-state index is 11.4. The number of hydrogen-bond acceptors (Lipinski definition) is 4. The molecule has 1 N–H and O–H groups in total. The summed E-state index contributed by atoms with van der Waals surface area (Å²) in [6.07, 6.45) is 0.0734. The van der Waals surface area contributed by atoms with Crippen LogP contribution in [0.15, 0.2) is 18.2 Å². The number of rotatable bonds is 7. The molecule has 5 nitrogen and oxygen atoms in total. The molecule has 0 unspecified atom stereocenters. The van der Waals surface area contributed by atoms with Gasteiger partial charge in [-0.15, -0.1) is 0 Å². The Morgan fingerprint density at radius 1 is 1.35 bits per heavy atom. The summed E-state index contributed by atoms with van der Waals surface area (Å²) in [5.41, 5.74) is 0.478. The topological polar surface area (TPSA) is 66.8 Å². The van der Waals surface area contributed by atoms with Crippen molar-refractivity contribution in [1.29, 1.82) is 0 Å². The van der Waals surface area contributed by atoms with Crippen LogP contribution in [0, 0.1) is 0 Å². The van der Waals surface area contributed by atoms with Crippen molar-refractivity contribution in [2.45, 2.75) is 13.3 Å². The van der Waals surface area contributed by atoms with Gasteiger partial charge in [0.05, 0.1) is 23.7 Å². The fourth-order valence-corrected chi connectivity index (χ4v) is 2.04. The number of esters is 1. The largest absolute Gasteiger partial charge is 0.480 e. The fraction of sp³-hybridized carbons (Fsp3) is 0.385. The molecule has 1 aromatic carbocycles. The summed E-state index contributed by atoms with van der Waals surface area (Å²) < 4.78 is 4.82. The number of hydrogen-bond donors (Lipinski definition) is 1. The maximum Gasteiger partial charge on any atom is 0.323 e. The zero-order valence-corrected chi connectivity index (χ0v) is 12.4. The first-order valence-corrected chi connectivity index (χ1v) is 6.77. The van der Waals surface area contributed by atoms with Crippen molar-refractivity contribution in [3.05, 3.63) is 28.2 Å². The first kappa shape index (κ1) is 16.6. The van der Waals surface area contributed by atoms with Gasteiger partial charge in [0, 0.05) is 11.6 Å². The molecule has 0 aromatic heterocycles. The minimum absolute atomic E-state index is 0.0734. The normalized spacial score (nSPS) is 10.2. The van der Waals surface area contributed by atoms with Crippen LogP contribution in [0.3, 0.4) is 0 Å². The molecule has 0 aliphatic rings. The number of anilines is 1. The number of carbonyl (C=O) groups is 2. The van der Waals surface area contributed by atoms with E-state index in [1.54, 1.807) is 25.1 Å². The zero-order chi connectivity index (χ0) is 15.1. The third kappa shape index (κ3) is 5.27. The number of nitrogens with zero attached hydrogens (tertiary/aromatic N) is 1. The van der Waals surface area contributed by atoms with Crippen molar-refractivity contribution < 1.29 is 19.4 Å². The molecular formula is C13H15Cl2NO4. The summed E-state index contributed by atoms with van der Waals surface area (Å²) >= 11 is 11.9. The van der Waals surface area contributed by atoms with Gasteiger partial charge in [0.2, 0.25) is 0 Å². The summed E-state index contributed by atoms with van der Waals surface area (Å²) in [5.74, 6) is -1.41. The molecule has 7 heteroatoms. The standard InChI is InChI=1S/C13H15Cl2NO4/c1-2-20-13(19)5-6-16(8-12(17)18)11-7-9(14)3-4-10(11)15/h3-4,7H,2,5-6,8H2,1H3,(H,17,18). The van der Waals surface area contributed by atoms with Crippen molar-refractivity contribution in [2.75, 3.05) is 24.6 Å². The molecule has 0 saturated heterocycles. The highest BCUT2D eigenvalue weighted by Gasteiger charge is 2.16. The number of carbonyl (C=O) groups excluding carboxylic acids is 1. The number of halogens is 2. The van der Waals surface area contributed by atoms with Gasteiger partial charge in [-0.3, -0.25) is 9.59 Å². The molecule has 0 aliphatic heterocycles. The molecule has 0 spiro atoms. The van der Waals surface area contributed by atoms with Crippen LogP contribution < -0.4 is 4.90 Å². The monoisotopic (exact) mass is 319 g/mol. The first-order chi connectivity index (χ1) is 9.43. The van der Waals surface area contributed by atoms with E-state index in [2.05, 4.69) is 0 Å². The Labute approximate surface area is 127 Å². The van der Waals surface area contributed by atoms with Gasteiger partial charge in [-0.2, -0.15) is 0 Å². The summed E-state index contributed by atoms with van der Waals surface area (Å²) in [5, 5.41) is 9.76. The van der Waals surface area contributed by atoms with E-state index in [0.29, 0.717) is 15.7 Å². The van der Waals surface area contributed by atoms with Gasteiger partial charge in [-0.1, -0.05) is 23.2 Å². The number of aliphatic carboxylic acids is 1. The van der Waals surface area contributed by atoms with E-state index in [9.17, 15) is 9.59 Å². The Morgan fingerprint density at radius 2 is 2.05 bits per heavy atom. The van der Waals surface area contributed by atoms with Gasteiger partial charge in [-0.05, 0) is 25.1 Å². The van der Waals surface area contributed by atoms with Gasteiger partial charge in [-0.25, -0.2) is 0 Å². The van der Waals surface area contributed by atoms with Gasteiger partial charge in [0.15, 0.2) is 0 Å². The Morgan fingerprint density at radius 3 is 2.65 bits per heavy atom. The van der Waals surface area contributed by atoms with E-state index in [1.165, 1.54) is 4.90 Å². The summed E-state index contributed by atoms with van der Waals surface area (Å²) in [6, 6.07) is 4.76. The van der Waals surface area contributed by atoms with Crippen LogP contribution in [-0.4, -0.2) is 36.7 Å². The molecule has 20 heavy (non-hydrogen) atoms. The third-order valence-corrected chi connectivity index (χ3v) is 3.02. The Balaban J connectivity index is 2.85. The van der Waals surface area contributed by atoms with Crippen molar-refractivity contribution >= 4 is 40.8 Å².